The fourth-order valence-corrected chi connectivity index (χ4v) is 2.66. The lowest BCUT2D eigenvalue weighted by Crippen LogP contribution is -2.58. The first-order valence-electron chi connectivity index (χ1n) is 7.83. The summed E-state index contributed by atoms with van der Waals surface area (Å²) in [7, 11) is 2.89. The molecule has 0 radical (unpaired) electrons. The highest BCUT2D eigenvalue weighted by molar-refractivity contribution is 7.37. The molecule has 0 heterocycles. The van der Waals surface area contributed by atoms with Crippen molar-refractivity contribution >= 4 is 14.5 Å². The maximum Gasteiger partial charge on any atom is 0.228 e. The zero-order chi connectivity index (χ0) is 17.4. The number of rotatable bonds is 10. The van der Waals surface area contributed by atoms with Gasteiger partial charge in [0.15, 0.2) is 0 Å². The summed E-state index contributed by atoms with van der Waals surface area (Å²) in [6, 6.07) is 0. The summed E-state index contributed by atoms with van der Waals surface area (Å²) < 4.78 is 0. The lowest BCUT2D eigenvalue weighted by atomic mass is 9.72. The molecular formula is C18H33N2OP. The van der Waals surface area contributed by atoms with Crippen LogP contribution in [0, 0.1) is 5.41 Å². The zero-order valence-corrected chi connectivity index (χ0v) is 16.1. The maximum absolute atomic E-state index is 12.6. The zero-order valence-electron chi connectivity index (χ0n) is 15.1. The summed E-state index contributed by atoms with van der Waals surface area (Å²) in [5.74, 6) is 0.0887. The van der Waals surface area contributed by atoms with Gasteiger partial charge in [-0.15, -0.1) is 8.58 Å². The molecule has 1 atom stereocenters. The molecule has 0 aliphatic carbocycles. The average Bonchev–Trinajstić information content (AvgIpc) is 2.47. The SMILES string of the molecule is C=C/C=C\C(=C)N(C)C(C)(C)C(C)(C)C(=O)NCCPCC. The summed E-state index contributed by atoms with van der Waals surface area (Å²) >= 11 is 0. The molecule has 0 aromatic heterocycles. The van der Waals surface area contributed by atoms with E-state index in [1.807, 2.05) is 33.0 Å². The average molecular weight is 324 g/mol. The fourth-order valence-electron chi connectivity index (χ4n) is 2.01. The van der Waals surface area contributed by atoms with Crippen molar-refractivity contribution in [1.82, 2.24) is 10.2 Å². The predicted octanol–water partition coefficient (Wildman–Crippen LogP) is 3.79. The number of hydrogen-bond acceptors (Lipinski definition) is 2. The Morgan fingerprint density at radius 2 is 1.91 bits per heavy atom. The van der Waals surface area contributed by atoms with Gasteiger partial charge in [0.2, 0.25) is 5.91 Å². The second kappa shape index (κ2) is 9.15. The third kappa shape index (κ3) is 5.28. The quantitative estimate of drug-likeness (QED) is 0.377. The van der Waals surface area contributed by atoms with Gasteiger partial charge >= 0.3 is 0 Å². The van der Waals surface area contributed by atoms with Gasteiger partial charge in [0.1, 0.15) is 0 Å². The Hall–Kier alpha value is -1.08. The number of carbonyl (C=O) groups excluding carboxylic acids is 1. The minimum Gasteiger partial charge on any atom is -0.369 e. The number of allylic oxidation sites excluding steroid dienone is 3. The summed E-state index contributed by atoms with van der Waals surface area (Å²) in [6.45, 7) is 18.8. The van der Waals surface area contributed by atoms with Gasteiger partial charge in [-0.1, -0.05) is 32.2 Å². The van der Waals surface area contributed by atoms with Gasteiger partial charge in [0.25, 0.3) is 0 Å². The van der Waals surface area contributed by atoms with Gasteiger partial charge < -0.3 is 10.2 Å². The molecule has 0 bridgehead atoms. The molecule has 0 saturated carbocycles. The van der Waals surface area contributed by atoms with Crippen molar-refractivity contribution in [3.8, 4) is 0 Å². The first-order chi connectivity index (χ1) is 10.1. The highest BCUT2D eigenvalue weighted by atomic mass is 31.1. The molecule has 0 aliphatic heterocycles. The van der Waals surface area contributed by atoms with Crippen molar-refractivity contribution in [3.63, 3.8) is 0 Å². The van der Waals surface area contributed by atoms with E-state index in [9.17, 15) is 4.79 Å². The molecule has 1 amide bonds. The molecule has 1 N–H and O–H groups in total. The Bertz CT molecular complexity index is 425. The Labute approximate surface area is 138 Å². The molecular weight excluding hydrogens is 291 g/mol. The smallest absolute Gasteiger partial charge is 0.228 e. The first kappa shape index (κ1) is 20.9. The number of likely N-dealkylation sites (N-methyl/N-ethyl adjacent to an activating group) is 1. The van der Waals surface area contributed by atoms with Gasteiger partial charge in [0, 0.05) is 24.8 Å². The fraction of sp³-hybridized carbons (Fsp3) is 0.611. The molecule has 0 aromatic carbocycles. The standard InChI is InChI=1S/C18H33N2OP/c1-9-11-12-15(3)20(8)18(6,7)17(4,5)16(21)19-13-14-22-10-2/h9,11-12,22H,1,3,10,13-14H2,2,4-8H3,(H,19,21)/b12-11-. The Kier molecular flexibility index (Phi) is 8.70. The summed E-state index contributed by atoms with van der Waals surface area (Å²) in [4.78, 5) is 14.7. The van der Waals surface area contributed by atoms with Crippen LogP contribution in [-0.2, 0) is 4.79 Å². The first-order valence-corrected chi connectivity index (χ1v) is 9.25. The van der Waals surface area contributed by atoms with Crippen molar-refractivity contribution in [2.45, 2.75) is 40.2 Å². The predicted molar refractivity (Wildman–Crippen MR) is 101 cm³/mol. The third-order valence-electron chi connectivity index (χ3n) is 4.63. The van der Waals surface area contributed by atoms with Crippen LogP contribution >= 0.6 is 8.58 Å². The van der Waals surface area contributed by atoms with E-state index >= 15 is 0 Å². The lowest BCUT2D eigenvalue weighted by Gasteiger charge is -2.48. The minimum absolute atomic E-state index is 0.0887. The lowest BCUT2D eigenvalue weighted by molar-refractivity contribution is -0.135. The Balaban J connectivity index is 4.97. The van der Waals surface area contributed by atoms with Gasteiger partial charge in [-0.05, 0) is 46.1 Å². The highest BCUT2D eigenvalue weighted by Gasteiger charge is 2.45. The van der Waals surface area contributed by atoms with E-state index < -0.39 is 5.41 Å². The molecule has 0 spiro atoms. The summed E-state index contributed by atoms with van der Waals surface area (Å²) in [5.41, 5.74) is -0.0485. The van der Waals surface area contributed by atoms with Gasteiger partial charge in [-0.25, -0.2) is 0 Å². The molecule has 0 fully saturated rings. The maximum atomic E-state index is 12.6. The van der Waals surface area contributed by atoms with Crippen LogP contribution in [-0.4, -0.2) is 42.3 Å². The van der Waals surface area contributed by atoms with E-state index in [0.717, 1.165) is 27.0 Å². The van der Waals surface area contributed by atoms with Crippen molar-refractivity contribution < 1.29 is 4.79 Å². The minimum atomic E-state index is -0.540. The molecule has 0 saturated heterocycles. The van der Waals surface area contributed by atoms with Crippen molar-refractivity contribution in [2.24, 2.45) is 5.41 Å². The highest BCUT2D eigenvalue weighted by Crippen LogP contribution is 2.37. The number of amides is 1. The van der Waals surface area contributed by atoms with Crippen LogP contribution in [0.5, 0.6) is 0 Å². The molecule has 0 aliphatic rings. The van der Waals surface area contributed by atoms with Crippen molar-refractivity contribution in [1.29, 1.82) is 0 Å². The van der Waals surface area contributed by atoms with Crippen LogP contribution < -0.4 is 5.32 Å². The van der Waals surface area contributed by atoms with E-state index in [0.29, 0.717) is 0 Å². The molecule has 126 valence electrons. The molecule has 22 heavy (non-hydrogen) atoms. The van der Waals surface area contributed by atoms with E-state index in [2.05, 4.69) is 44.1 Å². The molecule has 3 nitrogen and oxygen atoms in total. The molecule has 1 unspecified atom stereocenters. The van der Waals surface area contributed by atoms with E-state index in [-0.39, 0.29) is 11.4 Å². The largest absolute Gasteiger partial charge is 0.369 e. The second-order valence-electron chi connectivity index (χ2n) is 6.44. The van der Waals surface area contributed by atoms with Crippen molar-refractivity contribution in [2.75, 3.05) is 25.9 Å². The molecule has 0 rings (SSSR count). The summed E-state index contributed by atoms with van der Waals surface area (Å²) in [6.07, 6.45) is 7.73. The normalized spacial score (nSPS) is 12.8. The second-order valence-corrected chi connectivity index (χ2v) is 8.15. The summed E-state index contributed by atoms with van der Waals surface area (Å²) in [5, 5.41) is 3.08. The van der Waals surface area contributed by atoms with Crippen LogP contribution in [0.2, 0.25) is 0 Å². The van der Waals surface area contributed by atoms with Crippen LogP contribution in [0.3, 0.4) is 0 Å². The third-order valence-corrected chi connectivity index (χ3v) is 5.73. The number of nitrogens with zero attached hydrogens (tertiary/aromatic N) is 1. The van der Waals surface area contributed by atoms with E-state index in [1.165, 1.54) is 6.16 Å². The van der Waals surface area contributed by atoms with Crippen LogP contribution in [0.4, 0.5) is 0 Å². The number of carbonyl (C=O) groups is 1. The number of hydrogen-bond donors (Lipinski definition) is 1. The van der Waals surface area contributed by atoms with Crippen LogP contribution in [0.25, 0.3) is 0 Å². The monoisotopic (exact) mass is 324 g/mol. The topological polar surface area (TPSA) is 32.3 Å². The van der Waals surface area contributed by atoms with E-state index in [1.54, 1.807) is 6.08 Å². The van der Waals surface area contributed by atoms with Crippen molar-refractivity contribution in [3.05, 3.63) is 37.1 Å². The van der Waals surface area contributed by atoms with E-state index in [4.69, 9.17) is 0 Å². The van der Waals surface area contributed by atoms with Crippen LogP contribution in [0.15, 0.2) is 37.1 Å². The van der Waals surface area contributed by atoms with Gasteiger partial charge in [-0.2, -0.15) is 0 Å². The van der Waals surface area contributed by atoms with Gasteiger partial charge in [0.05, 0.1) is 5.41 Å². The van der Waals surface area contributed by atoms with Gasteiger partial charge in [-0.3, -0.25) is 4.79 Å². The molecule has 4 heteroatoms. The Morgan fingerprint density at radius 1 is 1.32 bits per heavy atom. The van der Waals surface area contributed by atoms with Crippen LogP contribution in [0.1, 0.15) is 34.6 Å². The Morgan fingerprint density at radius 3 is 2.41 bits per heavy atom. The number of nitrogens with one attached hydrogen (secondary N) is 1. The molecule has 0 aromatic rings.